The van der Waals surface area contributed by atoms with Gasteiger partial charge in [-0.15, -0.1) is 0 Å². The van der Waals surface area contributed by atoms with E-state index in [9.17, 15) is 0 Å². The summed E-state index contributed by atoms with van der Waals surface area (Å²) in [4.78, 5) is 0. The lowest BCUT2D eigenvalue weighted by Gasteiger charge is -2.07. The van der Waals surface area contributed by atoms with Crippen molar-refractivity contribution in [3.8, 4) is 0 Å². The van der Waals surface area contributed by atoms with E-state index in [4.69, 9.17) is 16.7 Å². The minimum Gasteiger partial charge on any atom is -0.395 e. The summed E-state index contributed by atoms with van der Waals surface area (Å²) in [7, 11) is 0. The fourth-order valence-electron chi connectivity index (χ4n) is 0.975. The molecule has 0 atom stereocenters. The lowest BCUT2D eigenvalue weighted by molar-refractivity contribution is 0.311. The molecule has 0 heterocycles. The van der Waals surface area contributed by atoms with Gasteiger partial charge in [-0.2, -0.15) is 0 Å². The fraction of sp³-hybridized carbons (Fsp3) is 0.333. The molecule has 0 bridgehead atoms. The fourth-order valence-corrected chi connectivity index (χ4v) is 1.17. The third-order valence-electron chi connectivity index (χ3n) is 1.62. The molecule has 1 aromatic rings. The monoisotopic (exact) mass is 185 g/mol. The van der Waals surface area contributed by atoms with Crippen molar-refractivity contribution < 1.29 is 5.11 Å². The number of halogens is 1. The summed E-state index contributed by atoms with van der Waals surface area (Å²) in [5, 5.41) is 12.3. The number of hydrogen-bond acceptors (Lipinski definition) is 2. The maximum absolute atomic E-state index is 8.58. The molecule has 1 rings (SSSR count). The molecule has 1 aromatic carbocycles. The van der Waals surface area contributed by atoms with Gasteiger partial charge in [0.15, 0.2) is 0 Å². The first kappa shape index (κ1) is 9.36. The third-order valence-corrected chi connectivity index (χ3v) is 2.12. The number of anilines is 1. The molecule has 0 spiro atoms. The van der Waals surface area contributed by atoms with E-state index < -0.39 is 0 Å². The average molecular weight is 186 g/mol. The molecule has 2 N–H and O–H groups in total. The Morgan fingerprint density at radius 1 is 1.50 bits per heavy atom. The quantitative estimate of drug-likeness (QED) is 0.756. The van der Waals surface area contributed by atoms with Crippen molar-refractivity contribution in [2.24, 2.45) is 0 Å². The van der Waals surface area contributed by atoms with Crippen molar-refractivity contribution in [2.45, 2.75) is 6.92 Å². The van der Waals surface area contributed by atoms with Gasteiger partial charge >= 0.3 is 0 Å². The highest BCUT2D eigenvalue weighted by molar-refractivity contribution is 6.33. The number of rotatable bonds is 3. The zero-order valence-electron chi connectivity index (χ0n) is 6.97. The minimum absolute atomic E-state index is 0.115. The molecular formula is C9H12ClNO. The van der Waals surface area contributed by atoms with Crippen LogP contribution in [0.2, 0.25) is 5.02 Å². The second-order valence-electron chi connectivity index (χ2n) is 2.59. The highest BCUT2D eigenvalue weighted by Gasteiger charge is 2.00. The highest BCUT2D eigenvalue weighted by atomic mass is 35.5. The number of benzene rings is 1. The van der Waals surface area contributed by atoms with Crippen molar-refractivity contribution in [3.05, 3.63) is 28.8 Å². The van der Waals surface area contributed by atoms with Crippen LogP contribution < -0.4 is 5.32 Å². The molecule has 0 radical (unpaired) electrons. The molecule has 2 nitrogen and oxygen atoms in total. The Kier molecular flexibility index (Phi) is 3.38. The molecule has 0 fully saturated rings. The van der Waals surface area contributed by atoms with Crippen LogP contribution in [-0.2, 0) is 0 Å². The van der Waals surface area contributed by atoms with Gasteiger partial charge in [0, 0.05) is 6.54 Å². The third kappa shape index (κ3) is 2.13. The molecule has 0 saturated heterocycles. The average Bonchev–Trinajstić information content (AvgIpc) is 2.08. The molecule has 0 aliphatic rings. The van der Waals surface area contributed by atoms with Gasteiger partial charge in [0.1, 0.15) is 0 Å². The Labute approximate surface area is 77.2 Å². The van der Waals surface area contributed by atoms with Crippen LogP contribution >= 0.6 is 11.6 Å². The normalized spacial score (nSPS) is 9.92. The van der Waals surface area contributed by atoms with E-state index in [0.29, 0.717) is 6.54 Å². The van der Waals surface area contributed by atoms with Crippen LogP contribution in [0.15, 0.2) is 18.2 Å². The second kappa shape index (κ2) is 4.33. The van der Waals surface area contributed by atoms with E-state index in [1.807, 2.05) is 25.1 Å². The SMILES string of the molecule is Cc1cccc(NCCO)c1Cl. The molecule has 12 heavy (non-hydrogen) atoms. The van der Waals surface area contributed by atoms with Crippen LogP contribution in [-0.4, -0.2) is 18.3 Å². The Morgan fingerprint density at radius 2 is 2.25 bits per heavy atom. The van der Waals surface area contributed by atoms with Crippen LogP contribution in [0, 0.1) is 6.92 Å². The molecule has 0 aromatic heterocycles. The smallest absolute Gasteiger partial charge is 0.0666 e. The van der Waals surface area contributed by atoms with E-state index in [2.05, 4.69) is 5.32 Å². The van der Waals surface area contributed by atoms with Crippen molar-refractivity contribution in [2.75, 3.05) is 18.5 Å². The Bertz CT molecular complexity index is 263. The van der Waals surface area contributed by atoms with Gasteiger partial charge in [-0.3, -0.25) is 0 Å². The van der Waals surface area contributed by atoms with E-state index >= 15 is 0 Å². The van der Waals surface area contributed by atoms with Gasteiger partial charge in [-0.25, -0.2) is 0 Å². The van der Waals surface area contributed by atoms with Crippen molar-refractivity contribution >= 4 is 17.3 Å². The molecule has 3 heteroatoms. The first-order valence-corrected chi connectivity index (χ1v) is 4.23. The molecule has 66 valence electrons. The van der Waals surface area contributed by atoms with E-state index in [0.717, 1.165) is 16.3 Å². The van der Waals surface area contributed by atoms with E-state index in [-0.39, 0.29) is 6.61 Å². The zero-order valence-corrected chi connectivity index (χ0v) is 7.73. The molecule has 0 unspecified atom stereocenters. The van der Waals surface area contributed by atoms with Crippen LogP contribution in [0.4, 0.5) is 5.69 Å². The molecular weight excluding hydrogens is 174 g/mol. The summed E-state index contributed by atoms with van der Waals surface area (Å²) in [5.74, 6) is 0. The summed E-state index contributed by atoms with van der Waals surface area (Å²) in [6, 6.07) is 5.78. The zero-order chi connectivity index (χ0) is 8.97. The summed E-state index contributed by atoms with van der Waals surface area (Å²) in [6.07, 6.45) is 0. The van der Waals surface area contributed by atoms with Gasteiger partial charge in [0.25, 0.3) is 0 Å². The van der Waals surface area contributed by atoms with Crippen LogP contribution in [0.5, 0.6) is 0 Å². The van der Waals surface area contributed by atoms with E-state index in [1.54, 1.807) is 0 Å². The lowest BCUT2D eigenvalue weighted by atomic mass is 10.2. The molecule has 0 aliphatic heterocycles. The van der Waals surface area contributed by atoms with Crippen LogP contribution in [0.3, 0.4) is 0 Å². The van der Waals surface area contributed by atoms with Gasteiger partial charge in [0.05, 0.1) is 17.3 Å². The molecule has 0 amide bonds. The molecule has 0 aliphatic carbocycles. The second-order valence-corrected chi connectivity index (χ2v) is 2.96. The van der Waals surface area contributed by atoms with Gasteiger partial charge < -0.3 is 10.4 Å². The highest BCUT2D eigenvalue weighted by Crippen LogP contribution is 2.24. The molecule has 0 saturated carbocycles. The summed E-state index contributed by atoms with van der Waals surface area (Å²) in [5.41, 5.74) is 1.92. The Morgan fingerprint density at radius 3 is 2.92 bits per heavy atom. The number of aliphatic hydroxyl groups is 1. The largest absolute Gasteiger partial charge is 0.395 e. The number of aliphatic hydroxyl groups excluding tert-OH is 1. The maximum atomic E-state index is 8.58. The van der Waals surface area contributed by atoms with Crippen molar-refractivity contribution in [1.29, 1.82) is 0 Å². The Balaban J connectivity index is 2.78. The lowest BCUT2D eigenvalue weighted by Crippen LogP contribution is -2.05. The standard InChI is InChI=1S/C9H12ClNO/c1-7-3-2-4-8(9(7)10)11-5-6-12/h2-4,11-12H,5-6H2,1H3. The predicted octanol–water partition coefficient (Wildman–Crippen LogP) is 2.05. The first-order valence-electron chi connectivity index (χ1n) is 3.85. The van der Waals surface area contributed by atoms with Crippen molar-refractivity contribution in [1.82, 2.24) is 0 Å². The predicted molar refractivity (Wildman–Crippen MR) is 51.8 cm³/mol. The minimum atomic E-state index is 0.115. The van der Waals surface area contributed by atoms with Gasteiger partial charge in [-0.05, 0) is 18.6 Å². The van der Waals surface area contributed by atoms with Gasteiger partial charge in [-0.1, -0.05) is 23.7 Å². The number of hydrogen-bond donors (Lipinski definition) is 2. The summed E-state index contributed by atoms with van der Waals surface area (Å²) in [6.45, 7) is 2.60. The van der Waals surface area contributed by atoms with Crippen LogP contribution in [0.25, 0.3) is 0 Å². The first-order chi connectivity index (χ1) is 5.75. The van der Waals surface area contributed by atoms with Crippen molar-refractivity contribution in [3.63, 3.8) is 0 Å². The summed E-state index contributed by atoms with van der Waals surface area (Å²) >= 11 is 5.98. The van der Waals surface area contributed by atoms with Gasteiger partial charge in [0.2, 0.25) is 0 Å². The Hall–Kier alpha value is -0.730. The maximum Gasteiger partial charge on any atom is 0.0666 e. The number of nitrogens with one attached hydrogen (secondary N) is 1. The van der Waals surface area contributed by atoms with Crippen LogP contribution in [0.1, 0.15) is 5.56 Å². The number of aryl methyl sites for hydroxylation is 1. The van der Waals surface area contributed by atoms with E-state index in [1.165, 1.54) is 0 Å². The summed E-state index contributed by atoms with van der Waals surface area (Å²) < 4.78 is 0. The topological polar surface area (TPSA) is 32.3 Å².